The highest BCUT2D eigenvalue weighted by molar-refractivity contribution is 5.58. The third-order valence-corrected chi connectivity index (χ3v) is 3.73. The molecule has 1 fully saturated rings. The van der Waals surface area contributed by atoms with Gasteiger partial charge in [0.1, 0.15) is 0 Å². The van der Waals surface area contributed by atoms with Gasteiger partial charge in [0.2, 0.25) is 0 Å². The van der Waals surface area contributed by atoms with E-state index < -0.39 is 6.43 Å². The van der Waals surface area contributed by atoms with Gasteiger partial charge in [-0.05, 0) is 31.0 Å². The Hall–Kier alpha value is -1.36. The van der Waals surface area contributed by atoms with Crippen molar-refractivity contribution in [3.8, 4) is 0 Å². The van der Waals surface area contributed by atoms with E-state index in [1.165, 1.54) is 6.07 Å². The molecular weight excluding hydrogens is 250 g/mol. The highest BCUT2D eigenvalue weighted by Gasteiger charge is 2.23. The zero-order valence-electron chi connectivity index (χ0n) is 10.8. The zero-order chi connectivity index (χ0) is 13.8. The lowest BCUT2D eigenvalue weighted by molar-refractivity contribution is 0.0763. The fourth-order valence-corrected chi connectivity index (χ4v) is 2.59. The van der Waals surface area contributed by atoms with Crippen molar-refractivity contribution >= 4 is 11.4 Å². The number of alkyl halides is 2. The Labute approximate surface area is 111 Å². The molecule has 1 aromatic carbocycles. The predicted molar refractivity (Wildman–Crippen MR) is 72.3 cm³/mol. The summed E-state index contributed by atoms with van der Waals surface area (Å²) in [6.07, 6.45) is 0.991. The summed E-state index contributed by atoms with van der Waals surface area (Å²) in [7, 11) is 0. The molecular formula is C14H20F2N2O. The number of nitrogens with two attached hydrogens (primary N) is 1. The molecule has 4 N–H and O–H groups in total. The Balaban J connectivity index is 2.02. The summed E-state index contributed by atoms with van der Waals surface area (Å²) in [5.41, 5.74) is 6.18. The maximum absolute atomic E-state index is 12.9. The van der Waals surface area contributed by atoms with Crippen molar-refractivity contribution in [2.45, 2.75) is 38.2 Å². The molecule has 0 amide bonds. The molecule has 5 heteroatoms. The Kier molecular flexibility index (Phi) is 4.58. The number of hydrogen-bond acceptors (Lipinski definition) is 3. The molecule has 19 heavy (non-hydrogen) atoms. The van der Waals surface area contributed by atoms with Gasteiger partial charge in [-0.15, -0.1) is 0 Å². The number of halogens is 2. The van der Waals surface area contributed by atoms with E-state index in [9.17, 15) is 13.9 Å². The van der Waals surface area contributed by atoms with E-state index >= 15 is 0 Å². The van der Waals surface area contributed by atoms with Gasteiger partial charge in [0.05, 0.1) is 6.10 Å². The highest BCUT2D eigenvalue weighted by atomic mass is 19.3. The minimum Gasteiger partial charge on any atom is -0.399 e. The van der Waals surface area contributed by atoms with Crippen molar-refractivity contribution in [1.82, 2.24) is 0 Å². The number of benzene rings is 1. The molecule has 0 aliphatic heterocycles. The summed E-state index contributed by atoms with van der Waals surface area (Å²) in [5.74, 6) is 0.136. The maximum Gasteiger partial charge on any atom is 0.265 e. The molecule has 0 spiro atoms. The van der Waals surface area contributed by atoms with E-state index in [0.29, 0.717) is 17.9 Å². The molecule has 0 aromatic heterocycles. The Morgan fingerprint density at radius 3 is 2.74 bits per heavy atom. The standard InChI is InChI=1S/C14H20F2N2O/c15-14(16)11-7-10(17)5-6-12(11)18-8-9-3-1-2-4-13(9)19/h5-7,9,13-14,18-19H,1-4,8,17H2. The number of rotatable bonds is 4. The van der Waals surface area contributed by atoms with E-state index in [1.54, 1.807) is 12.1 Å². The van der Waals surface area contributed by atoms with Crippen molar-refractivity contribution in [2.75, 3.05) is 17.6 Å². The van der Waals surface area contributed by atoms with E-state index in [1.807, 2.05) is 0 Å². The smallest absolute Gasteiger partial charge is 0.265 e. The van der Waals surface area contributed by atoms with Crippen LogP contribution in [0.25, 0.3) is 0 Å². The fourth-order valence-electron chi connectivity index (χ4n) is 2.59. The van der Waals surface area contributed by atoms with E-state index in [0.717, 1.165) is 25.7 Å². The summed E-state index contributed by atoms with van der Waals surface area (Å²) >= 11 is 0. The van der Waals surface area contributed by atoms with Gasteiger partial charge in [-0.25, -0.2) is 8.78 Å². The molecule has 0 heterocycles. The lowest BCUT2D eigenvalue weighted by Gasteiger charge is -2.28. The number of nitrogen functional groups attached to an aromatic ring is 1. The van der Waals surface area contributed by atoms with E-state index in [4.69, 9.17) is 5.73 Å². The van der Waals surface area contributed by atoms with E-state index in [-0.39, 0.29) is 17.6 Å². The zero-order valence-corrected chi connectivity index (χ0v) is 10.8. The van der Waals surface area contributed by atoms with Gasteiger partial charge in [0, 0.05) is 29.4 Å². The average Bonchev–Trinajstić information content (AvgIpc) is 2.38. The first-order chi connectivity index (χ1) is 9.08. The molecule has 106 valence electrons. The average molecular weight is 270 g/mol. The second-order valence-electron chi connectivity index (χ2n) is 5.14. The number of nitrogens with one attached hydrogen (secondary N) is 1. The Morgan fingerprint density at radius 1 is 1.32 bits per heavy atom. The Bertz CT molecular complexity index is 426. The predicted octanol–water partition coefficient (Wildman–Crippen LogP) is 3.17. The van der Waals surface area contributed by atoms with Gasteiger partial charge in [-0.1, -0.05) is 12.8 Å². The van der Waals surface area contributed by atoms with Crippen molar-refractivity contribution < 1.29 is 13.9 Å². The van der Waals surface area contributed by atoms with Crippen LogP contribution in [-0.2, 0) is 0 Å². The first kappa shape index (κ1) is 14.1. The van der Waals surface area contributed by atoms with Gasteiger partial charge in [-0.2, -0.15) is 0 Å². The molecule has 0 bridgehead atoms. The molecule has 2 unspecified atom stereocenters. The van der Waals surface area contributed by atoms with Crippen LogP contribution in [0.3, 0.4) is 0 Å². The quantitative estimate of drug-likeness (QED) is 0.736. The van der Waals surface area contributed by atoms with Crippen LogP contribution in [0.4, 0.5) is 20.2 Å². The lowest BCUT2D eigenvalue weighted by atomic mass is 9.86. The third-order valence-electron chi connectivity index (χ3n) is 3.73. The van der Waals surface area contributed by atoms with Gasteiger partial charge >= 0.3 is 0 Å². The van der Waals surface area contributed by atoms with Crippen LogP contribution in [0.15, 0.2) is 18.2 Å². The SMILES string of the molecule is Nc1ccc(NCC2CCCCC2O)c(C(F)F)c1. The molecule has 1 saturated carbocycles. The van der Waals surface area contributed by atoms with Gasteiger partial charge < -0.3 is 16.2 Å². The molecule has 3 nitrogen and oxygen atoms in total. The minimum absolute atomic E-state index is 0.0784. The summed E-state index contributed by atoms with van der Waals surface area (Å²) in [4.78, 5) is 0. The molecule has 1 aliphatic carbocycles. The van der Waals surface area contributed by atoms with Crippen LogP contribution in [0.5, 0.6) is 0 Å². The number of hydrogen-bond donors (Lipinski definition) is 3. The van der Waals surface area contributed by atoms with Crippen molar-refractivity contribution in [3.63, 3.8) is 0 Å². The minimum atomic E-state index is -2.55. The highest BCUT2D eigenvalue weighted by Crippen LogP contribution is 2.30. The molecule has 0 radical (unpaired) electrons. The van der Waals surface area contributed by atoms with Crippen LogP contribution >= 0.6 is 0 Å². The second kappa shape index (κ2) is 6.19. The number of aliphatic hydroxyl groups excluding tert-OH is 1. The van der Waals surface area contributed by atoms with Crippen LogP contribution in [0, 0.1) is 5.92 Å². The molecule has 1 aliphatic rings. The molecule has 1 aromatic rings. The van der Waals surface area contributed by atoms with Crippen LogP contribution < -0.4 is 11.1 Å². The van der Waals surface area contributed by atoms with E-state index in [2.05, 4.69) is 5.32 Å². The monoisotopic (exact) mass is 270 g/mol. The van der Waals surface area contributed by atoms with Crippen LogP contribution in [-0.4, -0.2) is 17.8 Å². The summed E-state index contributed by atoms with van der Waals surface area (Å²) < 4.78 is 25.8. The Morgan fingerprint density at radius 2 is 2.05 bits per heavy atom. The van der Waals surface area contributed by atoms with Gasteiger partial charge in [-0.3, -0.25) is 0 Å². The first-order valence-corrected chi connectivity index (χ1v) is 6.67. The van der Waals surface area contributed by atoms with Crippen molar-refractivity contribution in [3.05, 3.63) is 23.8 Å². The van der Waals surface area contributed by atoms with Gasteiger partial charge in [0.15, 0.2) is 0 Å². The third kappa shape index (κ3) is 3.56. The van der Waals surface area contributed by atoms with Crippen molar-refractivity contribution in [2.24, 2.45) is 5.92 Å². The lowest BCUT2D eigenvalue weighted by Crippen LogP contribution is -2.30. The molecule has 2 rings (SSSR count). The number of aliphatic hydroxyl groups is 1. The topological polar surface area (TPSA) is 58.3 Å². The largest absolute Gasteiger partial charge is 0.399 e. The van der Waals surface area contributed by atoms with Crippen molar-refractivity contribution in [1.29, 1.82) is 0 Å². The van der Waals surface area contributed by atoms with Gasteiger partial charge in [0.25, 0.3) is 6.43 Å². The number of anilines is 2. The molecule has 0 saturated heterocycles. The summed E-state index contributed by atoms with van der Waals surface area (Å²) in [6.45, 7) is 0.519. The van der Waals surface area contributed by atoms with Crippen LogP contribution in [0.1, 0.15) is 37.7 Å². The summed E-state index contributed by atoms with van der Waals surface area (Å²) in [6, 6.07) is 4.47. The van der Waals surface area contributed by atoms with Crippen LogP contribution in [0.2, 0.25) is 0 Å². The normalized spacial score (nSPS) is 23.6. The molecule has 2 atom stereocenters. The fraction of sp³-hybridized carbons (Fsp3) is 0.571. The first-order valence-electron chi connectivity index (χ1n) is 6.67. The second-order valence-corrected chi connectivity index (χ2v) is 5.14. The summed E-state index contributed by atoms with van der Waals surface area (Å²) in [5, 5.41) is 12.9. The maximum atomic E-state index is 12.9.